The van der Waals surface area contributed by atoms with Crippen LogP contribution >= 0.6 is 11.8 Å². The summed E-state index contributed by atoms with van der Waals surface area (Å²) in [5, 5.41) is 10.0. The maximum atomic E-state index is 11.2. The second-order valence-electron chi connectivity index (χ2n) is 4.20. The summed E-state index contributed by atoms with van der Waals surface area (Å²) >= 11 is 1.55. The number of hydrogen-bond donors (Lipinski definition) is 1. The number of aliphatic hydroxyl groups excluding tert-OH is 1. The van der Waals surface area contributed by atoms with Gasteiger partial charge in [-0.2, -0.15) is 11.8 Å². The lowest BCUT2D eigenvalue weighted by Crippen LogP contribution is -2.00. The van der Waals surface area contributed by atoms with Crippen molar-refractivity contribution >= 4 is 17.7 Å². The van der Waals surface area contributed by atoms with Crippen molar-refractivity contribution in [2.24, 2.45) is 0 Å². The molecule has 0 fully saturated rings. The lowest BCUT2D eigenvalue weighted by Gasteiger charge is -2.09. The van der Waals surface area contributed by atoms with Gasteiger partial charge in [0.2, 0.25) is 5.76 Å². The Labute approximate surface area is 121 Å². The van der Waals surface area contributed by atoms with Crippen LogP contribution in [0.1, 0.15) is 28.0 Å². The van der Waals surface area contributed by atoms with E-state index in [0.29, 0.717) is 17.3 Å². The Morgan fingerprint density at radius 3 is 2.75 bits per heavy atom. The van der Waals surface area contributed by atoms with Gasteiger partial charge in [-0.05, 0) is 17.7 Å². The van der Waals surface area contributed by atoms with E-state index in [4.69, 9.17) is 4.42 Å². The van der Waals surface area contributed by atoms with Crippen LogP contribution in [0.5, 0.6) is 0 Å². The predicted octanol–water partition coefficient (Wildman–Crippen LogP) is 3.03. The number of benzene rings is 1. The van der Waals surface area contributed by atoms with Crippen molar-refractivity contribution in [2.45, 2.75) is 11.9 Å². The maximum Gasteiger partial charge on any atom is 0.373 e. The fourth-order valence-electron chi connectivity index (χ4n) is 1.71. The van der Waals surface area contributed by atoms with Crippen LogP contribution in [0.15, 0.2) is 46.9 Å². The predicted molar refractivity (Wildman–Crippen MR) is 77.6 cm³/mol. The monoisotopic (exact) mass is 292 g/mol. The highest BCUT2D eigenvalue weighted by Crippen LogP contribution is 2.22. The summed E-state index contributed by atoms with van der Waals surface area (Å²) in [5.74, 6) is 1.58. The molecular weight excluding hydrogens is 276 g/mol. The number of ether oxygens (including phenoxy) is 1. The molecule has 0 bridgehead atoms. The van der Waals surface area contributed by atoms with Crippen LogP contribution in [0.2, 0.25) is 0 Å². The molecule has 2 aromatic rings. The van der Waals surface area contributed by atoms with E-state index in [0.717, 1.165) is 5.56 Å². The van der Waals surface area contributed by atoms with Crippen LogP contribution in [0.4, 0.5) is 0 Å². The highest BCUT2D eigenvalue weighted by Gasteiger charge is 2.12. The largest absolute Gasteiger partial charge is 0.463 e. The number of thioether (sulfide) groups is 1. The standard InChI is InChI=1S/C15H16O4S/c1-18-15(17)14-8-7-12(19-14)9-20-10-13(16)11-5-3-2-4-6-11/h2-8,13,16H,9-10H2,1H3. The van der Waals surface area contributed by atoms with Crippen LogP contribution in [0.25, 0.3) is 0 Å². The molecule has 1 unspecified atom stereocenters. The summed E-state index contributed by atoms with van der Waals surface area (Å²) < 4.78 is 9.92. The van der Waals surface area contributed by atoms with Crippen LogP contribution in [0, 0.1) is 0 Å². The minimum atomic E-state index is -0.503. The number of furan rings is 1. The SMILES string of the molecule is COC(=O)c1ccc(CSCC(O)c2ccccc2)o1. The summed E-state index contributed by atoms with van der Waals surface area (Å²) in [6, 6.07) is 12.8. The van der Waals surface area contributed by atoms with Gasteiger partial charge in [0.25, 0.3) is 0 Å². The second-order valence-corrected chi connectivity index (χ2v) is 5.23. The zero-order valence-electron chi connectivity index (χ0n) is 11.1. The van der Waals surface area contributed by atoms with E-state index >= 15 is 0 Å². The topological polar surface area (TPSA) is 59.7 Å². The van der Waals surface area contributed by atoms with E-state index in [9.17, 15) is 9.90 Å². The van der Waals surface area contributed by atoms with Crippen molar-refractivity contribution in [3.63, 3.8) is 0 Å². The van der Waals surface area contributed by atoms with Crippen molar-refractivity contribution in [2.75, 3.05) is 12.9 Å². The summed E-state index contributed by atoms with van der Waals surface area (Å²) in [6.45, 7) is 0. The van der Waals surface area contributed by atoms with Crippen LogP contribution < -0.4 is 0 Å². The van der Waals surface area contributed by atoms with Crippen molar-refractivity contribution in [1.29, 1.82) is 0 Å². The Morgan fingerprint density at radius 1 is 1.30 bits per heavy atom. The van der Waals surface area contributed by atoms with E-state index in [-0.39, 0.29) is 5.76 Å². The highest BCUT2D eigenvalue weighted by atomic mass is 32.2. The normalized spacial score (nSPS) is 12.1. The molecule has 1 aromatic heterocycles. The van der Waals surface area contributed by atoms with Gasteiger partial charge < -0.3 is 14.3 Å². The van der Waals surface area contributed by atoms with Gasteiger partial charge in [-0.25, -0.2) is 4.79 Å². The van der Waals surface area contributed by atoms with E-state index in [1.165, 1.54) is 7.11 Å². The summed E-state index contributed by atoms with van der Waals surface area (Å²) in [5.41, 5.74) is 0.898. The molecule has 0 aliphatic rings. The molecule has 0 aliphatic heterocycles. The van der Waals surface area contributed by atoms with Crippen LogP contribution in [-0.4, -0.2) is 23.9 Å². The van der Waals surface area contributed by atoms with Crippen LogP contribution in [-0.2, 0) is 10.5 Å². The molecule has 0 amide bonds. The van der Waals surface area contributed by atoms with Crippen molar-refractivity contribution in [1.82, 2.24) is 0 Å². The van der Waals surface area contributed by atoms with Gasteiger partial charge in [0.1, 0.15) is 5.76 Å². The average molecular weight is 292 g/mol. The molecule has 20 heavy (non-hydrogen) atoms. The minimum Gasteiger partial charge on any atom is -0.463 e. The third-order valence-electron chi connectivity index (χ3n) is 2.75. The van der Waals surface area contributed by atoms with E-state index in [1.807, 2.05) is 30.3 Å². The number of carbonyl (C=O) groups is 1. The van der Waals surface area contributed by atoms with Gasteiger partial charge in [0, 0.05) is 5.75 Å². The van der Waals surface area contributed by atoms with Crippen molar-refractivity contribution in [3.8, 4) is 0 Å². The first kappa shape index (κ1) is 14.7. The van der Waals surface area contributed by atoms with Gasteiger partial charge in [0.15, 0.2) is 0 Å². The lowest BCUT2D eigenvalue weighted by molar-refractivity contribution is 0.0563. The van der Waals surface area contributed by atoms with Gasteiger partial charge in [-0.3, -0.25) is 0 Å². The number of carbonyl (C=O) groups excluding carboxylic acids is 1. The molecular formula is C15H16O4S. The molecule has 5 heteroatoms. The molecule has 1 aromatic carbocycles. The van der Waals surface area contributed by atoms with Crippen LogP contribution in [0.3, 0.4) is 0 Å². The summed E-state index contributed by atoms with van der Waals surface area (Å²) in [6.07, 6.45) is -0.503. The van der Waals surface area contributed by atoms with Gasteiger partial charge >= 0.3 is 5.97 Å². The molecule has 2 rings (SSSR count). The van der Waals surface area contributed by atoms with E-state index < -0.39 is 12.1 Å². The summed E-state index contributed by atoms with van der Waals surface area (Å²) in [4.78, 5) is 11.2. The zero-order valence-corrected chi connectivity index (χ0v) is 11.9. The van der Waals surface area contributed by atoms with Crippen molar-refractivity contribution < 1.29 is 19.1 Å². The first-order valence-electron chi connectivity index (χ1n) is 6.18. The minimum absolute atomic E-state index is 0.201. The Balaban J connectivity index is 1.81. The zero-order chi connectivity index (χ0) is 14.4. The molecule has 1 N–H and O–H groups in total. The number of esters is 1. The summed E-state index contributed by atoms with van der Waals surface area (Å²) in [7, 11) is 1.31. The van der Waals surface area contributed by atoms with Gasteiger partial charge in [0.05, 0.1) is 19.0 Å². The molecule has 0 radical (unpaired) electrons. The van der Waals surface area contributed by atoms with Crippen molar-refractivity contribution in [3.05, 3.63) is 59.5 Å². The molecule has 106 valence electrons. The number of aliphatic hydroxyl groups is 1. The molecule has 0 aliphatic carbocycles. The highest BCUT2D eigenvalue weighted by molar-refractivity contribution is 7.98. The third kappa shape index (κ3) is 3.88. The average Bonchev–Trinajstić information content (AvgIpc) is 2.96. The first-order chi connectivity index (χ1) is 9.70. The fraction of sp³-hybridized carbons (Fsp3) is 0.267. The molecule has 1 heterocycles. The quantitative estimate of drug-likeness (QED) is 0.829. The Morgan fingerprint density at radius 2 is 2.05 bits per heavy atom. The maximum absolute atomic E-state index is 11.2. The molecule has 0 saturated carbocycles. The number of hydrogen-bond acceptors (Lipinski definition) is 5. The fourth-order valence-corrected chi connectivity index (χ4v) is 2.60. The second kappa shape index (κ2) is 7.17. The Kier molecular flexibility index (Phi) is 5.26. The van der Waals surface area contributed by atoms with E-state index in [2.05, 4.69) is 4.74 Å². The van der Waals surface area contributed by atoms with Gasteiger partial charge in [-0.15, -0.1) is 0 Å². The Bertz CT molecular complexity index is 550. The third-order valence-corrected chi connectivity index (χ3v) is 3.79. The smallest absolute Gasteiger partial charge is 0.373 e. The van der Waals surface area contributed by atoms with Gasteiger partial charge in [-0.1, -0.05) is 30.3 Å². The molecule has 4 nitrogen and oxygen atoms in total. The lowest BCUT2D eigenvalue weighted by atomic mass is 10.1. The molecule has 1 atom stereocenters. The van der Waals surface area contributed by atoms with E-state index in [1.54, 1.807) is 23.9 Å². The molecule has 0 spiro atoms. The Hall–Kier alpha value is -1.72. The number of rotatable bonds is 6. The molecule has 0 saturated heterocycles. The number of methoxy groups -OCH3 is 1. The first-order valence-corrected chi connectivity index (χ1v) is 7.34.